The van der Waals surface area contributed by atoms with Gasteiger partial charge in [-0.05, 0) is 84.3 Å². The van der Waals surface area contributed by atoms with Crippen LogP contribution in [0, 0.1) is 0 Å². The molecule has 0 radical (unpaired) electrons. The second kappa shape index (κ2) is 7.61. The largest absolute Gasteiger partial charge is 0.479 e. The smallest absolute Gasteiger partial charge is 0.261 e. The minimum Gasteiger partial charge on any atom is -0.479 e. The molecule has 0 heterocycles. The third kappa shape index (κ3) is 5.96. The summed E-state index contributed by atoms with van der Waals surface area (Å²) in [6.07, 6.45) is -0.577. The highest BCUT2D eigenvalue weighted by molar-refractivity contribution is 9.11. The summed E-state index contributed by atoms with van der Waals surface area (Å²) in [7, 11) is 1.89. The molecular formula is C15H22Br2N2O2. The molecule has 1 amide bonds. The van der Waals surface area contributed by atoms with Crippen LogP contribution in [0.1, 0.15) is 33.3 Å². The van der Waals surface area contributed by atoms with Crippen LogP contribution in [0.15, 0.2) is 21.1 Å². The van der Waals surface area contributed by atoms with Crippen LogP contribution in [0.5, 0.6) is 5.75 Å². The summed E-state index contributed by atoms with van der Waals surface area (Å²) in [6, 6.07) is 3.95. The molecule has 1 unspecified atom stereocenters. The van der Waals surface area contributed by atoms with Gasteiger partial charge in [0.05, 0.1) is 8.95 Å². The number of halogens is 2. The maximum atomic E-state index is 12.1. The molecule has 6 heteroatoms. The fourth-order valence-electron chi connectivity index (χ4n) is 1.73. The number of benzene rings is 1. The molecule has 4 nitrogen and oxygen atoms in total. The van der Waals surface area contributed by atoms with Crippen LogP contribution in [0.3, 0.4) is 0 Å². The molecule has 2 N–H and O–H groups in total. The topological polar surface area (TPSA) is 50.4 Å². The van der Waals surface area contributed by atoms with Crippen molar-refractivity contribution < 1.29 is 9.53 Å². The number of hydrogen-bond acceptors (Lipinski definition) is 3. The lowest BCUT2D eigenvalue weighted by Crippen LogP contribution is -2.46. The molecule has 1 rings (SSSR count). The molecule has 1 aromatic carbocycles. The molecule has 21 heavy (non-hydrogen) atoms. The number of ether oxygens (including phenoxy) is 1. The molecule has 1 atom stereocenters. The number of carbonyl (C=O) groups is 1. The first-order valence-corrected chi connectivity index (χ1v) is 8.34. The maximum absolute atomic E-state index is 12.1. The third-order valence-electron chi connectivity index (χ3n) is 2.60. The van der Waals surface area contributed by atoms with Gasteiger partial charge in [-0.1, -0.05) is 0 Å². The van der Waals surface area contributed by atoms with Gasteiger partial charge >= 0.3 is 0 Å². The quantitative estimate of drug-likeness (QED) is 0.763. The van der Waals surface area contributed by atoms with Crippen molar-refractivity contribution in [3.05, 3.63) is 26.6 Å². The van der Waals surface area contributed by atoms with E-state index in [-0.39, 0.29) is 11.4 Å². The summed E-state index contributed by atoms with van der Waals surface area (Å²) in [5.41, 5.74) is 0.843. The van der Waals surface area contributed by atoms with E-state index in [1.165, 1.54) is 0 Å². The van der Waals surface area contributed by atoms with Crippen LogP contribution >= 0.6 is 31.9 Å². The van der Waals surface area contributed by atoms with E-state index in [1.54, 1.807) is 6.92 Å². The number of amides is 1. The summed E-state index contributed by atoms with van der Waals surface area (Å²) in [5.74, 6) is 0.493. The fourth-order valence-corrected chi connectivity index (χ4v) is 3.20. The lowest BCUT2D eigenvalue weighted by Gasteiger charge is -2.24. The normalized spacial score (nSPS) is 12.9. The minimum absolute atomic E-state index is 0.138. The summed E-state index contributed by atoms with van der Waals surface area (Å²) >= 11 is 6.99. The Morgan fingerprint density at radius 3 is 2.24 bits per heavy atom. The van der Waals surface area contributed by atoms with Gasteiger partial charge in [0.15, 0.2) is 6.10 Å². The van der Waals surface area contributed by atoms with E-state index >= 15 is 0 Å². The zero-order valence-corrected chi connectivity index (χ0v) is 16.2. The van der Waals surface area contributed by atoms with Crippen molar-refractivity contribution in [1.29, 1.82) is 0 Å². The van der Waals surface area contributed by atoms with Crippen LogP contribution < -0.4 is 15.4 Å². The fraction of sp³-hybridized carbons (Fsp3) is 0.533. The van der Waals surface area contributed by atoms with Gasteiger partial charge in [0.25, 0.3) is 5.91 Å². The van der Waals surface area contributed by atoms with Gasteiger partial charge in [-0.3, -0.25) is 4.79 Å². The summed E-state index contributed by atoms with van der Waals surface area (Å²) in [4.78, 5) is 12.1. The Balaban J connectivity index is 2.85. The first-order chi connectivity index (χ1) is 9.64. The number of carbonyl (C=O) groups excluding carboxylic acids is 1. The molecule has 0 fully saturated rings. The second-order valence-corrected chi connectivity index (χ2v) is 7.63. The Labute approximate surface area is 143 Å². The summed E-state index contributed by atoms with van der Waals surface area (Å²) in [6.45, 7) is 8.32. The van der Waals surface area contributed by atoms with Gasteiger partial charge in [-0.25, -0.2) is 0 Å². The second-order valence-electron chi connectivity index (χ2n) is 5.92. The van der Waals surface area contributed by atoms with Gasteiger partial charge in [0, 0.05) is 12.1 Å². The van der Waals surface area contributed by atoms with E-state index in [1.807, 2.05) is 40.0 Å². The number of rotatable bonds is 5. The maximum Gasteiger partial charge on any atom is 0.261 e. The van der Waals surface area contributed by atoms with Crippen LogP contribution in [-0.4, -0.2) is 24.6 Å². The Morgan fingerprint density at radius 1 is 1.29 bits per heavy atom. The molecule has 0 saturated carbocycles. The molecule has 0 aliphatic heterocycles. The van der Waals surface area contributed by atoms with E-state index < -0.39 is 6.10 Å². The van der Waals surface area contributed by atoms with Crippen molar-refractivity contribution in [2.75, 3.05) is 7.05 Å². The first kappa shape index (κ1) is 18.5. The molecule has 0 saturated heterocycles. The number of nitrogens with one attached hydrogen (secondary N) is 2. The molecule has 0 aliphatic rings. The monoisotopic (exact) mass is 420 g/mol. The highest BCUT2D eigenvalue weighted by Gasteiger charge is 2.22. The van der Waals surface area contributed by atoms with Crippen molar-refractivity contribution in [3.63, 3.8) is 0 Å². The van der Waals surface area contributed by atoms with Crippen LogP contribution in [0.25, 0.3) is 0 Å². The van der Waals surface area contributed by atoms with Crippen LogP contribution in [0.4, 0.5) is 0 Å². The highest BCUT2D eigenvalue weighted by atomic mass is 79.9. The zero-order valence-electron chi connectivity index (χ0n) is 13.0. The molecule has 0 aromatic heterocycles. The van der Waals surface area contributed by atoms with Crippen molar-refractivity contribution in [2.24, 2.45) is 0 Å². The Bertz CT molecular complexity index is 490. The van der Waals surface area contributed by atoms with Gasteiger partial charge in [0.2, 0.25) is 0 Å². The summed E-state index contributed by atoms with van der Waals surface area (Å²) in [5, 5.41) is 6.00. The molecule has 0 bridgehead atoms. The third-order valence-corrected chi connectivity index (χ3v) is 3.78. The van der Waals surface area contributed by atoms with E-state index in [0.717, 1.165) is 21.1 Å². The zero-order chi connectivity index (χ0) is 16.2. The Kier molecular flexibility index (Phi) is 6.69. The van der Waals surface area contributed by atoms with E-state index in [4.69, 9.17) is 4.74 Å². The van der Waals surface area contributed by atoms with Crippen molar-refractivity contribution in [1.82, 2.24) is 10.6 Å². The van der Waals surface area contributed by atoms with Crippen molar-refractivity contribution in [3.8, 4) is 5.75 Å². The molecule has 118 valence electrons. The van der Waals surface area contributed by atoms with Crippen LogP contribution in [0.2, 0.25) is 0 Å². The molecule has 0 aliphatic carbocycles. The Hall–Kier alpha value is -0.590. The van der Waals surface area contributed by atoms with Crippen molar-refractivity contribution >= 4 is 37.8 Å². The highest BCUT2D eigenvalue weighted by Crippen LogP contribution is 2.35. The summed E-state index contributed by atoms with van der Waals surface area (Å²) < 4.78 is 7.42. The lowest BCUT2D eigenvalue weighted by molar-refractivity contribution is -0.128. The molecule has 0 spiro atoms. The molecule has 1 aromatic rings. The van der Waals surface area contributed by atoms with Gasteiger partial charge in [-0.2, -0.15) is 0 Å². The number of hydrogen-bond donors (Lipinski definition) is 2. The van der Waals surface area contributed by atoms with E-state index in [0.29, 0.717) is 5.75 Å². The molecular weight excluding hydrogens is 400 g/mol. The standard InChI is InChI=1S/C15H22Br2N2O2/c1-9(14(20)19-15(2,3)4)21-13-11(16)6-10(8-18-5)7-12(13)17/h6-7,9,18H,8H2,1-5H3,(H,19,20). The average Bonchev–Trinajstić information content (AvgIpc) is 2.31. The van der Waals surface area contributed by atoms with Crippen molar-refractivity contribution in [2.45, 2.75) is 45.9 Å². The predicted molar refractivity (Wildman–Crippen MR) is 92.6 cm³/mol. The van der Waals surface area contributed by atoms with Crippen LogP contribution in [-0.2, 0) is 11.3 Å². The SMILES string of the molecule is CNCc1cc(Br)c(OC(C)C(=O)NC(C)(C)C)c(Br)c1. The van der Waals surface area contributed by atoms with E-state index in [2.05, 4.69) is 42.5 Å². The van der Waals surface area contributed by atoms with Gasteiger partial charge in [0.1, 0.15) is 5.75 Å². The first-order valence-electron chi connectivity index (χ1n) is 6.75. The van der Waals surface area contributed by atoms with E-state index in [9.17, 15) is 4.79 Å². The predicted octanol–water partition coefficient (Wildman–Crippen LogP) is 3.61. The van der Waals surface area contributed by atoms with Gasteiger partial charge < -0.3 is 15.4 Å². The minimum atomic E-state index is -0.577. The Morgan fingerprint density at radius 2 is 1.81 bits per heavy atom. The van der Waals surface area contributed by atoms with Gasteiger partial charge in [-0.15, -0.1) is 0 Å². The lowest BCUT2D eigenvalue weighted by atomic mass is 10.1. The average molecular weight is 422 g/mol.